The van der Waals surface area contributed by atoms with Crippen LogP contribution in [0.4, 0.5) is 0 Å². The van der Waals surface area contributed by atoms with E-state index in [0.717, 1.165) is 0 Å². The summed E-state index contributed by atoms with van der Waals surface area (Å²) < 4.78 is 35.0. The Hall–Kier alpha value is -1.44. The first kappa shape index (κ1) is 17.9. The fourth-order valence-corrected chi connectivity index (χ4v) is 2.94. The summed E-state index contributed by atoms with van der Waals surface area (Å²) >= 11 is 0. The third-order valence-electron chi connectivity index (χ3n) is 4.15. The number of rotatable bonds is 1. The number of fused-ring (bicyclic) bond motifs is 1. The van der Waals surface area contributed by atoms with Crippen molar-refractivity contribution in [2.75, 3.05) is 13.1 Å². The van der Waals surface area contributed by atoms with Crippen LogP contribution in [0.15, 0.2) is 24.3 Å². The zero-order valence-electron chi connectivity index (χ0n) is 13.4. The monoisotopic (exact) mass is 343 g/mol. The minimum absolute atomic E-state index is 1.21. The Kier molecular flexibility index (Phi) is 5.78. The number of para-hydroxylation sites is 1. The topological polar surface area (TPSA) is 91.7 Å². The maximum absolute atomic E-state index is 8.83. The van der Waals surface area contributed by atoms with E-state index in [2.05, 4.69) is 53.6 Å². The number of aryl methyl sites for hydroxylation is 1. The molecule has 7 heteroatoms. The summed E-state index contributed by atoms with van der Waals surface area (Å²) in [5, 5.41) is 1.38. The van der Waals surface area contributed by atoms with E-state index >= 15 is 0 Å². The van der Waals surface area contributed by atoms with Crippen molar-refractivity contribution in [3.8, 4) is 0 Å². The van der Waals surface area contributed by atoms with Gasteiger partial charge in [-0.2, -0.15) is 0 Å². The minimum atomic E-state index is -4.19. The van der Waals surface area contributed by atoms with Crippen molar-refractivity contribution in [1.29, 1.82) is 0 Å². The van der Waals surface area contributed by atoms with Crippen LogP contribution in [0.1, 0.15) is 30.5 Å². The van der Waals surface area contributed by atoms with Crippen molar-refractivity contribution in [3.05, 3.63) is 35.5 Å². The molecular formula is C16H24ClN2O4+. The maximum atomic E-state index is 8.83. The number of halogens is 1. The summed E-state index contributed by atoms with van der Waals surface area (Å²) in [7, 11) is -2.04. The van der Waals surface area contributed by atoms with Crippen LogP contribution in [-0.4, -0.2) is 42.4 Å². The van der Waals surface area contributed by atoms with E-state index in [1.807, 2.05) is 0 Å². The van der Waals surface area contributed by atoms with E-state index in [9.17, 15) is 0 Å². The molecule has 0 aliphatic carbocycles. The number of aromatic nitrogens is 1. The van der Waals surface area contributed by atoms with Crippen LogP contribution in [0.2, 0.25) is 0 Å². The van der Waals surface area contributed by atoms with Crippen molar-refractivity contribution >= 4 is 17.1 Å². The van der Waals surface area contributed by atoms with Crippen LogP contribution in [0, 0.1) is 17.2 Å². The summed E-state index contributed by atoms with van der Waals surface area (Å²) in [6.07, 6.45) is 6.43. The molecule has 3 N–H and O–H groups in total. The number of nitrogens with zero attached hydrogens (tertiary/aromatic N) is 2. The van der Waals surface area contributed by atoms with Crippen LogP contribution in [-0.2, 0) is 7.05 Å². The second-order valence-corrected chi connectivity index (χ2v) is 6.60. The van der Waals surface area contributed by atoms with E-state index in [0.29, 0.717) is 0 Å². The Morgan fingerprint density at radius 2 is 1.70 bits per heavy atom. The van der Waals surface area contributed by atoms with E-state index < -0.39 is 10.2 Å². The Bertz CT molecular complexity index is 690. The van der Waals surface area contributed by atoms with E-state index in [4.69, 9.17) is 18.6 Å². The molecule has 1 aromatic heterocycles. The van der Waals surface area contributed by atoms with Crippen molar-refractivity contribution in [2.45, 2.75) is 26.2 Å². The van der Waals surface area contributed by atoms with Gasteiger partial charge in [-0.1, -0.05) is 18.2 Å². The summed E-state index contributed by atoms with van der Waals surface area (Å²) in [5.74, 6) is 0. The molecule has 0 atom stereocenters. The van der Waals surface area contributed by atoms with Crippen LogP contribution in [0.5, 0.6) is 0 Å². The van der Waals surface area contributed by atoms with Gasteiger partial charge in [-0.25, -0.2) is 4.58 Å². The normalized spacial score (nSPS) is 16.0. The van der Waals surface area contributed by atoms with Crippen molar-refractivity contribution in [3.63, 3.8) is 0 Å². The zero-order chi connectivity index (χ0) is 17.0. The fraction of sp³-hybridized carbons (Fsp3) is 0.438. The summed E-state index contributed by atoms with van der Waals surface area (Å²) in [6, 6.07) is 8.69. The average Bonchev–Trinajstić information content (AvgIpc) is 2.72. The van der Waals surface area contributed by atoms with Gasteiger partial charge in [0.2, 0.25) is 0 Å². The molecular weight excluding hydrogens is 320 g/mol. The van der Waals surface area contributed by atoms with Gasteiger partial charge >= 0.3 is 28.9 Å². The van der Waals surface area contributed by atoms with E-state index in [-0.39, 0.29) is 0 Å². The summed E-state index contributed by atoms with van der Waals surface area (Å²) in [4.78, 5) is 0. The zero-order valence-corrected chi connectivity index (χ0v) is 14.2. The van der Waals surface area contributed by atoms with Gasteiger partial charge < -0.3 is 4.57 Å². The Labute approximate surface area is 137 Å². The molecule has 1 aliphatic heterocycles. The van der Waals surface area contributed by atoms with Crippen LogP contribution < -0.4 is 4.66 Å². The molecule has 1 saturated heterocycles. The van der Waals surface area contributed by atoms with Gasteiger partial charge in [-0.15, -0.1) is 0 Å². The van der Waals surface area contributed by atoms with Crippen LogP contribution >= 0.6 is 0 Å². The van der Waals surface area contributed by atoms with Crippen LogP contribution in [0.25, 0.3) is 10.9 Å². The van der Waals surface area contributed by atoms with Gasteiger partial charge in [-0.3, -0.25) is 0 Å². The molecule has 0 bridgehead atoms. The molecule has 23 heavy (non-hydrogen) atoms. The van der Waals surface area contributed by atoms with Gasteiger partial charge in [0.05, 0.1) is 5.56 Å². The molecule has 2 aromatic rings. The SMILES string of the molecule is Cc1c(C=[N+]2CCCCC2)c2ccccc2n1C.[O-][Cl+](O)(O)O. The Morgan fingerprint density at radius 3 is 2.30 bits per heavy atom. The third kappa shape index (κ3) is 5.02. The number of hydrogen-bond acceptors (Lipinski definition) is 4. The number of piperidine rings is 1. The first-order chi connectivity index (χ1) is 10.8. The van der Waals surface area contributed by atoms with Gasteiger partial charge in [0.1, 0.15) is 13.1 Å². The van der Waals surface area contributed by atoms with E-state index in [1.165, 1.54) is 54.5 Å². The van der Waals surface area contributed by atoms with Gasteiger partial charge in [-0.05, 0) is 19.4 Å². The molecule has 6 nitrogen and oxygen atoms in total. The van der Waals surface area contributed by atoms with Crippen molar-refractivity contribution in [2.24, 2.45) is 7.05 Å². The summed E-state index contributed by atoms with van der Waals surface area (Å²) in [5.41, 5.74) is 4.09. The second-order valence-electron chi connectivity index (χ2n) is 5.73. The van der Waals surface area contributed by atoms with Gasteiger partial charge in [0.15, 0.2) is 6.21 Å². The molecule has 0 spiro atoms. The quantitative estimate of drug-likeness (QED) is 0.647. The third-order valence-corrected chi connectivity index (χ3v) is 4.15. The molecule has 1 aliphatic rings. The fourth-order valence-electron chi connectivity index (χ4n) is 2.94. The molecule has 0 radical (unpaired) electrons. The first-order valence-corrected chi connectivity index (χ1v) is 8.89. The van der Waals surface area contributed by atoms with Crippen molar-refractivity contribution < 1.29 is 33.5 Å². The number of benzene rings is 1. The van der Waals surface area contributed by atoms with Gasteiger partial charge in [0, 0.05) is 36.5 Å². The predicted molar refractivity (Wildman–Crippen MR) is 83.3 cm³/mol. The van der Waals surface area contributed by atoms with Crippen molar-refractivity contribution in [1.82, 2.24) is 4.57 Å². The van der Waals surface area contributed by atoms with Crippen LogP contribution in [0.3, 0.4) is 0 Å². The standard InChI is InChI=1S/C16H21N2.ClH3O4/c1-13-15(12-18-10-6-3-7-11-18)14-8-4-5-9-16(14)17(13)2;2-1(3,4)5/h4-5,8-9,12H,3,6-7,10-11H2,1-2H3;2-4H/q+1;. The molecule has 1 aromatic carbocycles. The van der Waals surface area contributed by atoms with E-state index in [1.54, 1.807) is 0 Å². The Morgan fingerprint density at radius 1 is 1.13 bits per heavy atom. The first-order valence-electron chi connectivity index (χ1n) is 7.56. The molecule has 0 amide bonds. The number of hydrogen-bond donors (Lipinski definition) is 3. The average molecular weight is 344 g/mol. The molecule has 1 fully saturated rings. The molecule has 0 saturated carbocycles. The molecule has 3 rings (SSSR count). The molecule has 0 unspecified atom stereocenters. The molecule has 2 heterocycles. The Balaban J connectivity index is 0.000000338. The van der Waals surface area contributed by atoms with Gasteiger partial charge in [0.25, 0.3) is 0 Å². The second kappa shape index (κ2) is 7.42. The summed E-state index contributed by atoms with van der Waals surface area (Å²) in [6.45, 7) is 4.64. The molecule has 128 valence electrons. The predicted octanol–water partition coefficient (Wildman–Crippen LogP) is 0.242.